The molecule has 0 aromatic heterocycles. The number of quaternary nitrogens is 2. The molecule has 0 aromatic rings. The van der Waals surface area contributed by atoms with E-state index in [1.54, 1.807) is 0 Å². The van der Waals surface area contributed by atoms with Crippen LogP contribution in [0, 0.1) is 0 Å². The van der Waals surface area contributed by atoms with Crippen LogP contribution in [-0.2, 0) is 14.3 Å². The van der Waals surface area contributed by atoms with Gasteiger partial charge in [-0.2, -0.15) is 0 Å². The van der Waals surface area contributed by atoms with E-state index in [-0.39, 0.29) is 0 Å². The van der Waals surface area contributed by atoms with Crippen molar-refractivity contribution in [3.8, 4) is 0 Å². The molecule has 2 aliphatic heterocycles. The Balaban J connectivity index is 1.50. The summed E-state index contributed by atoms with van der Waals surface area (Å²) < 4.78 is 7.80. The number of carbonyl (C=O) groups excluding carboxylic acids is 2. The van der Waals surface area contributed by atoms with Gasteiger partial charge in [0.15, 0.2) is 13.3 Å². The fourth-order valence-corrected chi connectivity index (χ4v) is 7.19. The molecule has 0 aromatic carbocycles. The summed E-state index contributed by atoms with van der Waals surface area (Å²) in [6.07, 6.45) is 27.9. The molecule has 0 N–H and O–H groups in total. The molecular formula is C37H74N4O3+2. The summed E-state index contributed by atoms with van der Waals surface area (Å²) in [6.45, 7) is 10.6. The molecule has 1 atom stereocenters. The number of hydrogen-bond acceptors (Lipinski definition) is 3. The molecule has 0 radical (unpaired) electrons. The molecule has 0 bridgehead atoms. The first-order valence-corrected chi connectivity index (χ1v) is 19.0. The summed E-state index contributed by atoms with van der Waals surface area (Å²) in [5, 5.41) is 0. The molecule has 2 amide bonds. The van der Waals surface area contributed by atoms with E-state index in [0.29, 0.717) is 24.7 Å². The van der Waals surface area contributed by atoms with E-state index in [4.69, 9.17) is 4.74 Å². The molecule has 1 unspecified atom stereocenters. The summed E-state index contributed by atoms with van der Waals surface area (Å²) in [5.74, 6) is 0.627. The van der Waals surface area contributed by atoms with Gasteiger partial charge in [-0.25, -0.2) is 0 Å². The summed E-state index contributed by atoms with van der Waals surface area (Å²) in [6, 6.07) is 0. The topological polar surface area (TPSA) is 49.9 Å². The van der Waals surface area contributed by atoms with E-state index >= 15 is 0 Å². The Morgan fingerprint density at radius 3 is 1.45 bits per heavy atom. The molecular weight excluding hydrogens is 548 g/mol. The molecule has 258 valence electrons. The first kappa shape index (κ1) is 39.0. The van der Waals surface area contributed by atoms with E-state index in [0.717, 1.165) is 93.9 Å². The van der Waals surface area contributed by atoms with Crippen molar-refractivity contribution in [2.75, 3.05) is 80.4 Å². The Morgan fingerprint density at radius 2 is 0.977 bits per heavy atom. The zero-order chi connectivity index (χ0) is 31.9. The van der Waals surface area contributed by atoms with Gasteiger partial charge in [-0.3, -0.25) is 19.4 Å². The van der Waals surface area contributed by atoms with Gasteiger partial charge in [-0.15, -0.1) is 0 Å². The van der Waals surface area contributed by atoms with Crippen molar-refractivity contribution in [2.24, 2.45) is 0 Å². The molecule has 0 saturated carbocycles. The summed E-state index contributed by atoms with van der Waals surface area (Å²) >= 11 is 0. The van der Waals surface area contributed by atoms with Gasteiger partial charge >= 0.3 is 0 Å². The number of amides is 2. The van der Waals surface area contributed by atoms with Crippen molar-refractivity contribution in [2.45, 2.75) is 148 Å². The molecule has 7 heteroatoms. The van der Waals surface area contributed by atoms with Crippen LogP contribution in [-0.4, -0.2) is 111 Å². The van der Waals surface area contributed by atoms with Crippen molar-refractivity contribution >= 4 is 11.8 Å². The zero-order valence-corrected chi connectivity index (χ0v) is 29.9. The van der Waals surface area contributed by atoms with Crippen molar-refractivity contribution in [3.63, 3.8) is 0 Å². The summed E-state index contributed by atoms with van der Waals surface area (Å²) in [7, 11) is 6.81. The van der Waals surface area contributed by atoms with Crippen LogP contribution in [0.1, 0.15) is 148 Å². The first-order valence-electron chi connectivity index (χ1n) is 19.0. The second-order valence-corrected chi connectivity index (χ2v) is 15.2. The van der Waals surface area contributed by atoms with Crippen LogP contribution in [0.5, 0.6) is 0 Å². The fourth-order valence-electron chi connectivity index (χ4n) is 7.19. The third-order valence-electron chi connectivity index (χ3n) is 10.00. The highest BCUT2D eigenvalue weighted by molar-refractivity contribution is 5.78. The lowest BCUT2D eigenvalue weighted by molar-refractivity contribution is -0.929. The number of nitrogens with zero attached hydrogens (tertiary/aromatic N) is 4. The smallest absolute Gasteiger partial charge is 0.226 e. The maximum absolute atomic E-state index is 12.4. The van der Waals surface area contributed by atoms with Gasteiger partial charge in [0.1, 0.15) is 0 Å². The van der Waals surface area contributed by atoms with Crippen LogP contribution >= 0.6 is 0 Å². The Kier molecular flexibility index (Phi) is 20.6. The monoisotopic (exact) mass is 623 g/mol. The zero-order valence-electron chi connectivity index (χ0n) is 29.9. The first-order chi connectivity index (χ1) is 21.2. The predicted molar refractivity (Wildman–Crippen MR) is 184 cm³/mol. The van der Waals surface area contributed by atoms with Crippen molar-refractivity contribution in [1.29, 1.82) is 0 Å². The SMILES string of the molecule is CCCCCCCCCCCCCCCCCCOCCC[N+](C)(CCC[N+](C)(C)CN1CCCC1=O)CN1CCCC1=O. The van der Waals surface area contributed by atoms with Gasteiger partial charge in [-0.1, -0.05) is 103 Å². The van der Waals surface area contributed by atoms with Gasteiger partial charge in [-0.05, 0) is 19.3 Å². The van der Waals surface area contributed by atoms with Crippen LogP contribution in [0.3, 0.4) is 0 Å². The number of rotatable bonds is 29. The molecule has 2 fully saturated rings. The van der Waals surface area contributed by atoms with Gasteiger partial charge in [0.2, 0.25) is 11.8 Å². The fraction of sp³-hybridized carbons (Fsp3) is 0.946. The molecule has 44 heavy (non-hydrogen) atoms. The maximum Gasteiger partial charge on any atom is 0.226 e. The Hall–Kier alpha value is -1.18. The van der Waals surface area contributed by atoms with E-state index in [2.05, 4.69) is 33.0 Å². The molecule has 7 nitrogen and oxygen atoms in total. The molecule has 2 aliphatic rings. The highest BCUT2D eigenvalue weighted by atomic mass is 16.5. The number of unbranched alkanes of at least 4 members (excludes halogenated alkanes) is 15. The number of hydrogen-bond donors (Lipinski definition) is 0. The average Bonchev–Trinajstić information content (AvgIpc) is 3.57. The largest absolute Gasteiger partial charge is 0.381 e. The molecule has 0 aliphatic carbocycles. The molecule has 2 saturated heterocycles. The van der Waals surface area contributed by atoms with E-state index in [9.17, 15) is 9.59 Å². The Bertz CT molecular complexity index is 761. The summed E-state index contributed by atoms with van der Waals surface area (Å²) in [5.41, 5.74) is 0. The second kappa shape index (κ2) is 23.2. The van der Waals surface area contributed by atoms with Gasteiger partial charge in [0.25, 0.3) is 0 Å². The van der Waals surface area contributed by atoms with Crippen LogP contribution < -0.4 is 0 Å². The van der Waals surface area contributed by atoms with Crippen LogP contribution in [0.2, 0.25) is 0 Å². The highest BCUT2D eigenvalue weighted by Gasteiger charge is 2.32. The van der Waals surface area contributed by atoms with Gasteiger partial charge in [0, 0.05) is 45.4 Å². The van der Waals surface area contributed by atoms with Crippen LogP contribution in [0.4, 0.5) is 0 Å². The van der Waals surface area contributed by atoms with Crippen molar-refractivity contribution < 1.29 is 23.3 Å². The van der Waals surface area contributed by atoms with Crippen molar-refractivity contribution in [1.82, 2.24) is 9.80 Å². The molecule has 0 spiro atoms. The lowest BCUT2D eigenvalue weighted by atomic mass is 10.0. The maximum atomic E-state index is 12.4. The lowest BCUT2D eigenvalue weighted by Crippen LogP contribution is -2.55. The molecule has 2 heterocycles. The highest BCUT2D eigenvalue weighted by Crippen LogP contribution is 2.18. The van der Waals surface area contributed by atoms with Crippen LogP contribution in [0.25, 0.3) is 0 Å². The van der Waals surface area contributed by atoms with E-state index in [1.807, 2.05) is 4.90 Å². The van der Waals surface area contributed by atoms with E-state index in [1.165, 1.54) is 103 Å². The Morgan fingerprint density at radius 1 is 0.545 bits per heavy atom. The van der Waals surface area contributed by atoms with Gasteiger partial charge in [0.05, 0.1) is 47.4 Å². The predicted octanol–water partition coefficient (Wildman–Crippen LogP) is 7.73. The van der Waals surface area contributed by atoms with Crippen molar-refractivity contribution in [3.05, 3.63) is 0 Å². The second-order valence-electron chi connectivity index (χ2n) is 15.2. The third kappa shape index (κ3) is 18.1. The Labute approximate surface area is 273 Å². The normalized spacial score (nSPS) is 17.3. The van der Waals surface area contributed by atoms with Crippen LogP contribution in [0.15, 0.2) is 0 Å². The van der Waals surface area contributed by atoms with Gasteiger partial charge < -0.3 is 13.7 Å². The minimum absolute atomic E-state index is 0.309. The standard InChI is InChI=1S/C37H74N4O3/c1-5-6-7-8-9-10-11-12-13-14-15-16-17-18-19-20-32-44-33-24-31-41(4,35-39-28-22-26-37(39)43)30-23-29-40(2,3)34-38-27-21-25-36(38)42/h5-35H2,1-4H3/q+2. The number of carbonyl (C=O) groups is 2. The number of likely N-dealkylation sites (tertiary alicyclic amines) is 2. The minimum Gasteiger partial charge on any atom is -0.381 e. The van der Waals surface area contributed by atoms with E-state index < -0.39 is 0 Å². The lowest BCUT2D eigenvalue weighted by Gasteiger charge is -2.39. The third-order valence-corrected chi connectivity index (χ3v) is 10.00. The average molecular weight is 623 g/mol. The summed E-state index contributed by atoms with van der Waals surface area (Å²) in [4.78, 5) is 28.7. The minimum atomic E-state index is 0.309. The molecule has 2 rings (SSSR count). The quantitative estimate of drug-likeness (QED) is 0.0634. The number of ether oxygens (including phenoxy) is 1.